The number of phenolic OH excluding ortho intramolecular Hbond substituents is 2. The molecule has 0 spiro atoms. The SMILES string of the molecule is CCCCCCc1csc(C2=C(C)C(C)c3c(O)c(O)c4nc(-c5cc(CCCCCC)cs5)sc4c3S2)c1. The van der Waals surface area contributed by atoms with Gasteiger partial charge in [0.05, 0.1) is 9.58 Å². The molecule has 4 aromatic rings. The molecular formula is C32H39NO2S4. The van der Waals surface area contributed by atoms with Crippen LogP contribution in [0, 0.1) is 0 Å². The Morgan fingerprint density at radius 2 is 1.44 bits per heavy atom. The van der Waals surface area contributed by atoms with Crippen LogP contribution in [0.1, 0.15) is 107 Å². The fraction of sp³-hybridized carbons (Fsp3) is 0.469. The van der Waals surface area contributed by atoms with Crippen LogP contribution in [0.4, 0.5) is 0 Å². The number of nitrogens with zero attached hydrogens (tertiary/aromatic N) is 1. The summed E-state index contributed by atoms with van der Waals surface area (Å²) in [6.07, 6.45) is 12.4. The van der Waals surface area contributed by atoms with Gasteiger partial charge in [-0.3, -0.25) is 0 Å². The molecule has 0 aliphatic carbocycles. The van der Waals surface area contributed by atoms with Gasteiger partial charge in [0.15, 0.2) is 11.5 Å². The second-order valence-corrected chi connectivity index (χ2v) is 14.6. The number of hydrogen-bond donors (Lipinski definition) is 2. The highest BCUT2D eigenvalue weighted by Gasteiger charge is 2.33. The number of benzene rings is 1. The zero-order valence-electron chi connectivity index (χ0n) is 23.4. The number of allylic oxidation sites excluding steroid dienone is 1. The first kappa shape index (κ1) is 28.7. The molecule has 208 valence electrons. The van der Waals surface area contributed by atoms with E-state index >= 15 is 0 Å². The number of unbranched alkanes of at least 4 members (excludes halogenated alkanes) is 6. The van der Waals surface area contributed by atoms with E-state index in [1.54, 1.807) is 34.4 Å². The summed E-state index contributed by atoms with van der Waals surface area (Å²) in [7, 11) is 0. The fourth-order valence-electron chi connectivity index (χ4n) is 5.31. The van der Waals surface area contributed by atoms with E-state index in [0.717, 1.165) is 37.9 Å². The highest BCUT2D eigenvalue weighted by atomic mass is 32.2. The van der Waals surface area contributed by atoms with Gasteiger partial charge in [0.1, 0.15) is 10.5 Å². The standard InChI is InChI=1S/C32H39NO2S4/c1-5-7-9-11-13-21-15-23(36-17-21)29-20(4)19(3)25-27(34)28(35)26-31(30(25)38-29)39-32(33-26)24-16-22(18-37-24)14-12-10-8-6-2/h15-19,34-35H,5-14H2,1-4H3. The number of fused-ring (bicyclic) bond motifs is 3. The molecule has 0 saturated carbocycles. The lowest BCUT2D eigenvalue weighted by Gasteiger charge is -2.27. The molecule has 0 amide bonds. The summed E-state index contributed by atoms with van der Waals surface area (Å²) in [5.74, 6) is -0.0845. The minimum atomic E-state index is -0.0863. The summed E-state index contributed by atoms with van der Waals surface area (Å²) in [5.41, 5.74) is 5.39. The Hall–Kier alpha value is -1.80. The molecule has 3 nitrogen and oxygen atoms in total. The van der Waals surface area contributed by atoms with E-state index < -0.39 is 0 Å². The molecule has 5 rings (SSSR count). The first-order valence-corrected chi connectivity index (χ1v) is 17.7. The number of rotatable bonds is 12. The number of thioether (sulfide) groups is 1. The highest BCUT2D eigenvalue weighted by Crippen LogP contribution is 2.58. The van der Waals surface area contributed by atoms with Gasteiger partial charge in [0, 0.05) is 26.2 Å². The lowest BCUT2D eigenvalue weighted by molar-refractivity contribution is 0.400. The number of thiophene rings is 2. The van der Waals surface area contributed by atoms with Crippen molar-refractivity contribution in [1.82, 2.24) is 4.98 Å². The minimum absolute atomic E-state index is 0.0154. The van der Waals surface area contributed by atoms with Crippen LogP contribution in [0.15, 0.2) is 33.4 Å². The van der Waals surface area contributed by atoms with Gasteiger partial charge in [-0.1, -0.05) is 76.6 Å². The monoisotopic (exact) mass is 597 g/mol. The first-order chi connectivity index (χ1) is 18.9. The molecule has 1 aliphatic heterocycles. The molecule has 4 heterocycles. The first-order valence-electron chi connectivity index (χ1n) is 14.3. The number of phenols is 2. The van der Waals surface area contributed by atoms with E-state index in [0.29, 0.717) is 5.52 Å². The van der Waals surface area contributed by atoms with Gasteiger partial charge in [-0.25, -0.2) is 4.98 Å². The summed E-state index contributed by atoms with van der Waals surface area (Å²) < 4.78 is 0.978. The molecule has 39 heavy (non-hydrogen) atoms. The van der Waals surface area contributed by atoms with E-state index in [2.05, 4.69) is 50.6 Å². The van der Waals surface area contributed by atoms with Crippen molar-refractivity contribution in [3.8, 4) is 21.4 Å². The Bertz CT molecular complexity index is 1470. The van der Waals surface area contributed by atoms with Gasteiger partial charge in [-0.05, 0) is 66.6 Å². The number of aryl methyl sites for hydroxylation is 2. The Morgan fingerprint density at radius 3 is 2.08 bits per heavy atom. The van der Waals surface area contributed by atoms with Crippen molar-refractivity contribution < 1.29 is 10.2 Å². The zero-order valence-corrected chi connectivity index (χ0v) is 26.7. The number of aromatic nitrogens is 1. The van der Waals surface area contributed by atoms with Crippen molar-refractivity contribution in [3.63, 3.8) is 0 Å². The maximum absolute atomic E-state index is 11.1. The van der Waals surface area contributed by atoms with E-state index in [-0.39, 0.29) is 17.4 Å². The smallest absolute Gasteiger partial charge is 0.185 e. The largest absolute Gasteiger partial charge is 0.504 e. The molecule has 0 saturated heterocycles. The third-order valence-electron chi connectivity index (χ3n) is 7.81. The molecule has 7 heteroatoms. The Labute approximate surface area is 249 Å². The van der Waals surface area contributed by atoms with Crippen molar-refractivity contribution in [2.75, 3.05) is 0 Å². The predicted molar refractivity (Wildman–Crippen MR) is 173 cm³/mol. The second-order valence-electron chi connectivity index (χ2n) is 10.7. The quantitative estimate of drug-likeness (QED) is 0.126. The van der Waals surface area contributed by atoms with Crippen LogP contribution in [0.5, 0.6) is 11.5 Å². The van der Waals surface area contributed by atoms with Crippen LogP contribution in [-0.2, 0) is 12.8 Å². The van der Waals surface area contributed by atoms with E-state index in [1.165, 1.54) is 77.8 Å². The van der Waals surface area contributed by atoms with E-state index in [9.17, 15) is 10.2 Å². The van der Waals surface area contributed by atoms with Crippen molar-refractivity contribution in [1.29, 1.82) is 0 Å². The van der Waals surface area contributed by atoms with Gasteiger partial charge in [0.25, 0.3) is 0 Å². The summed E-state index contributed by atoms with van der Waals surface area (Å²) >= 11 is 6.94. The maximum atomic E-state index is 11.1. The average molecular weight is 598 g/mol. The van der Waals surface area contributed by atoms with Crippen LogP contribution >= 0.6 is 45.8 Å². The van der Waals surface area contributed by atoms with Crippen molar-refractivity contribution in [2.45, 2.75) is 103 Å². The van der Waals surface area contributed by atoms with Crippen molar-refractivity contribution in [2.24, 2.45) is 0 Å². The zero-order chi connectivity index (χ0) is 27.5. The Morgan fingerprint density at radius 1 is 0.821 bits per heavy atom. The van der Waals surface area contributed by atoms with Crippen LogP contribution in [0.25, 0.3) is 25.0 Å². The predicted octanol–water partition coefficient (Wildman–Crippen LogP) is 11.4. The van der Waals surface area contributed by atoms with Crippen molar-refractivity contribution in [3.05, 3.63) is 50.0 Å². The lowest BCUT2D eigenvalue weighted by Crippen LogP contribution is -2.05. The molecule has 3 aromatic heterocycles. The summed E-state index contributed by atoms with van der Waals surface area (Å²) in [6.45, 7) is 8.81. The van der Waals surface area contributed by atoms with Gasteiger partial charge >= 0.3 is 0 Å². The number of aromatic hydroxyl groups is 2. The summed E-state index contributed by atoms with van der Waals surface area (Å²) in [6, 6.07) is 4.63. The Balaban J connectivity index is 1.45. The van der Waals surface area contributed by atoms with E-state index in [1.807, 2.05) is 11.3 Å². The molecule has 1 unspecified atom stereocenters. The van der Waals surface area contributed by atoms with E-state index in [4.69, 9.17) is 4.98 Å². The Kier molecular flexibility index (Phi) is 9.42. The topological polar surface area (TPSA) is 53.4 Å². The summed E-state index contributed by atoms with van der Waals surface area (Å²) in [5, 5.41) is 27.7. The summed E-state index contributed by atoms with van der Waals surface area (Å²) in [4.78, 5) is 9.64. The maximum Gasteiger partial charge on any atom is 0.185 e. The molecule has 0 radical (unpaired) electrons. The van der Waals surface area contributed by atoms with Crippen molar-refractivity contribution >= 4 is 60.9 Å². The average Bonchev–Trinajstić information content (AvgIpc) is 3.69. The normalized spacial score (nSPS) is 15.4. The van der Waals surface area contributed by atoms with Crippen LogP contribution in [0.2, 0.25) is 0 Å². The fourth-order valence-corrected chi connectivity index (χ4v) is 10.1. The molecule has 0 bridgehead atoms. The van der Waals surface area contributed by atoms with Crippen LogP contribution in [-0.4, -0.2) is 15.2 Å². The van der Waals surface area contributed by atoms with Gasteiger partial charge in [-0.15, -0.1) is 34.0 Å². The molecule has 0 fully saturated rings. The van der Waals surface area contributed by atoms with Crippen LogP contribution in [0.3, 0.4) is 0 Å². The third kappa shape index (κ3) is 5.97. The number of hydrogen-bond acceptors (Lipinski definition) is 7. The van der Waals surface area contributed by atoms with Crippen LogP contribution < -0.4 is 0 Å². The molecule has 1 atom stereocenters. The van der Waals surface area contributed by atoms with Gasteiger partial charge < -0.3 is 10.2 Å². The second kappa shape index (κ2) is 12.8. The van der Waals surface area contributed by atoms with Gasteiger partial charge in [0.2, 0.25) is 0 Å². The third-order valence-corrected chi connectivity index (χ3v) is 12.7. The number of thiazole rings is 1. The van der Waals surface area contributed by atoms with Gasteiger partial charge in [-0.2, -0.15) is 0 Å². The minimum Gasteiger partial charge on any atom is -0.504 e. The highest BCUT2D eigenvalue weighted by molar-refractivity contribution is 8.09. The molecule has 1 aliphatic rings. The lowest BCUT2D eigenvalue weighted by atomic mass is 9.91. The molecular weight excluding hydrogens is 559 g/mol. The molecule has 2 N–H and O–H groups in total. The molecule has 1 aromatic carbocycles.